The molecule has 10 heteroatoms. The second-order valence-corrected chi connectivity index (χ2v) is 12.6. The van der Waals surface area contributed by atoms with Gasteiger partial charge < -0.3 is 10.4 Å². The van der Waals surface area contributed by atoms with Crippen LogP contribution in [0.15, 0.2) is 65.7 Å². The van der Waals surface area contributed by atoms with Crippen LogP contribution in [0, 0.1) is 12.7 Å². The van der Waals surface area contributed by atoms with Gasteiger partial charge in [-0.05, 0) is 56.1 Å². The van der Waals surface area contributed by atoms with E-state index in [4.69, 9.17) is 0 Å². The number of rotatable bonds is 8. The first-order valence-corrected chi connectivity index (χ1v) is 15.0. The summed E-state index contributed by atoms with van der Waals surface area (Å²) in [5.74, 6) is -0.214. The van der Waals surface area contributed by atoms with Crippen molar-refractivity contribution in [2.45, 2.75) is 45.0 Å². The topological polar surface area (TPSA) is 88.2 Å². The van der Waals surface area contributed by atoms with E-state index in [0.29, 0.717) is 43.6 Å². The molecule has 0 unspecified atom stereocenters. The minimum Gasteiger partial charge on any atom is -0.388 e. The molecule has 218 valence electrons. The molecule has 0 amide bonds. The van der Waals surface area contributed by atoms with Crippen molar-refractivity contribution in [3.63, 3.8) is 0 Å². The Morgan fingerprint density at radius 1 is 1.05 bits per heavy atom. The maximum Gasteiger partial charge on any atom is 0.281 e. The predicted molar refractivity (Wildman–Crippen MR) is 165 cm³/mol. The molecular weight excluding hydrogens is 551 g/mol. The van der Waals surface area contributed by atoms with Gasteiger partial charge in [0.15, 0.2) is 5.52 Å². The Kier molecular flexibility index (Phi) is 7.80. The third-order valence-corrected chi connectivity index (χ3v) is 9.19. The Hall–Kier alpha value is -3.70. The Morgan fingerprint density at radius 3 is 2.45 bits per heavy atom. The van der Waals surface area contributed by atoms with Crippen LogP contribution >= 0.6 is 11.3 Å². The summed E-state index contributed by atoms with van der Waals surface area (Å²) in [7, 11) is 3.72. The lowest BCUT2D eigenvalue weighted by Crippen LogP contribution is -2.47. The van der Waals surface area contributed by atoms with E-state index in [-0.39, 0.29) is 23.4 Å². The summed E-state index contributed by atoms with van der Waals surface area (Å²) < 4.78 is 18.1. The van der Waals surface area contributed by atoms with E-state index in [1.807, 2.05) is 69.6 Å². The number of piperidine rings is 1. The van der Waals surface area contributed by atoms with Gasteiger partial charge in [0.05, 0.1) is 24.2 Å². The third-order valence-electron chi connectivity index (χ3n) is 8.14. The third kappa shape index (κ3) is 5.67. The first-order valence-electron chi connectivity index (χ1n) is 14.2. The van der Waals surface area contributed by atoms with E-state index in [1.165, 1.54) is 15.8 Å². The number of aromatic nitrogens is 4. The summed E-state index contributed by atoms with van der Waals surface area (Å²) in [5.41, 5.74) is 3.91. The molecule has 2 N–H and O–H groups in total. The van der Waals surface area contributed by atoms with Gasteiger partial charge in [-0.3, -0.25) is 18.9 Å². The molecule has 0 bridgehead atoms. The smallest absolute Gasteiger partial charge is 0.281 e. The van der Waals surface area contributed by atoms with Crippen molar-refractivity contribution >= 4 is 22.4 Å². The fourth-order valence-corrected chi connectivity index (χ4v) is 6.64. The summed E-state index contributed by atoms with van der Waals surface area (Å²) in [4.78, 5) is 22.5. The number of nitrogens with one attached hydrogen (secondary N) is 1. The fraction of sp³-hybridized carbons (Fsp3) is 0.344. The summed E-state index contributed by atoms with van der Waals surface area (Å²) in [6.07, 6.45) is 2.46. The largest absolute Gasteiger partial charge is 0.388 e. The van der Waals surface area contributed by atoms with Gasteiger partial charge in [-0.2, -0.15) is 5.10 Å². The minimum absolute atomic E-state index is 0.135. The number of aryl methyl sites for hydroxylation is 2. The first kappa shape index (κ1) is 28.4. The zero-order valence-electron chi connectivity index (χ0n) is 24.1. The average molecular weight is 587 g/mol. The maximum absolute atomic E-state index is 15.0. The Bertz CT molecular complexity index is 1780. The monoisotopic (exact) mass is 586 g/mol. The Morgan fingerprint density at radius 2 is 1.79 bits per heavy atom. The van der Waals surface area contributed by atoms with Gasteiger partial charge in [0, 0.05) is 54.1 Å². The van der Waals surface area contributed by atoms with Crippen molar-refractivity contribution in [2.75, 3.05) is 20.1 Å². The second-order valence-electron chi connectivity index (χ2n) is 11.3. The van der Waals surface area contributed by atoms with E-state index in [0.717, 1.165) is 33.8 Å². The SMILES string of the molecule is CNCc1ccc(-c2c3ncn(CC4(O)CCN(Cc5ccc(-c6ccc(C)s6)cc5F)CC4)c(=O)c3nn2C)cc1. The van der Waals surface area contributed by atoms with Gasteiger partial charge in [0.2, 0.25) is 0 Å². The molecule has 0 aliphatic carbocycles. The van der Waals surface area contributed by atoms with Gasteiger partial charge >= 0.3 is 0 Å². The van der Waals surface area contributed by atoms with Crippen LogP contribution in [0.4, 0.5) is 4.39 Å². The van der Waals surface area contributed by atoms with E-state index < -0.39 is 5.60 Å². The van der Waals surface area contributed by atoms with Crippen molar-refractivity contribution in [3.05, 3.63) is 93.1 Å². The standard InChI is InChI=1S/C32H35FN6O2S/c1-21-4-11-27(42-21)24-9-10-25(26(33)16-24)18-38-14-12-32(41,13-15-38)19-39-20-35-28-29(31(39)40)36-37(3)30(28)23-7-5-22(6-8-23)17-34-2/h4-11,16,20,34,41H,12-15,17-19H2,1-3H3. The number of thiophene rings is 1. The number of hydrogen-bond acceptors (Lipinski definition) is 7. The molecule has 0 spiro atoms. The van der Waals surface area contributed by atoms with Crippen molar-refractivity contribution < 1.29 is 9.50 Å². The summed E-state index contributed by atoms with van der Waals surface area (Å²) in [6.45, 7) is 4.63. The predicted octanol–water partition coefficient (Wildman–Crippen LogP) is 4.72. The molecule has 0 saturated carbocycles. The van der Waals surface area contributed by atoms with Crippen molar-refractivity contribution in [1.82, 2.24) is 29.5 Å². The lowest BCUT2D eigenvalue weighted by atomic mass is 9.91. The highest BCUT2D eigenvalue weighted by molar-refractivity contribution is 7.15. The summed E-state index contributed by atoms with van der Waals surface area (Å²) in [6, 6.07) is 17.6. The van der Waals surface area contributed by atoms with E-state index in [1.54, 1.807) is 22.1 Å². The normalized spacial score (nSPS) is 15.5. The second kappa shape index (κ2) is 11.5. The van der Waals surface area contributed by atoms with Crippen molar-refractivity contribution in [3.8, 4) is 21.7 Å². The molecule has 5 aromatic rings. The first-order chi connectivity index (χ1) is 20.2. The molecule has 42 heavy (non-hydrogen) atoms. The molecule has 1 fully saturated rings. The number of benzene rings is 2. The lowest BCUT2D eigenvalue weighted by Gasteiger charge is -2.38. The average Bonchev–Trinajstić information content (AvgIpc) is 3.56. The molecule has 8 nitrogen and oxygen atoms in total. The molecule has 3 aromatic heterocycles. The van der Waals surface area contributed by atoms with Crippen LogP contribution < -0.4 is 10.9 Å². The number of nitrogens with zero attached hydrogens (tertiary/aromatic N) is 5. The molecule has 4 heterocycles. The van der Waals surface area contributed by atoms with Crippen molar-refractivity contribution in [2.24, 2.45) is 7.05 Å². The van der Waals surface area contributed by atoms with Crippen LogP contribution in [0.5, 0.6) is 0 Å². The number of likely N-dealkylation sites (tertiary alicyclic amines) is 1. The number of hydrogen-bond donors (Lipinski definition) is 2. The maximum atomic E-state index is 15.0. The van der Waals surface area contributed by atoms with Crippen LogP contribution in [0.25, 0.3) is 32.7 Å². The molecule has 2 aromatic carbocycles. The highest BCUT2D eigenvalue weighted by atomic mass is 32.1. The van der Waals surface area contributed by atoms with E-state index in [2.05, 4.69) is 20.3 Å². The minimum atomic E-state index is -1.06. The number of fused-ring (bicyclic) bond motifs is 1. The van der Waals surface area contributed by atoms with Gasteiger partial charge in [-0.1, -0.05) is 36.4 Å². The molecule has 1 aliphatic rings. The van der Waals surface area contributed by atoms with E-state index >= 15 is 0 Å². The molecule has 0 atom stereocenters. The Balaban J connectivity index is 1.13. The summed E-state index contributed by atoms with van der Waals surface area (Å²) in [5, 5.41) is 19.1. The molecular formula is C32H35FN6O2S. The van der Waals surface area contributed by atoms with Crippen LogP contribution in [-0.4, -0.2) is 55.1 Å². The van der Waals surface area contributed by atoms with Crippen LogP contribution in [0.3, 0.4) is 0 Å². The zero-order valence-corrected chi connectivity index (χ0v) is 24.9. The quantitative estimate of drug-likeness (QED) is 0.274. The Labute approximate surface area is 248 Å². The molecule has 0 radical (unpaired) electrons. The lowest BCUT2D eigenvalue weighted by molar-refractivity contribution is -0.0366. The number of aliphatic hydroxyl groups is 1. The highest BCUT2D eigenvalue weighted by Crippen LogP contribution is 2.31. The zero-order chi connectivity index (χ0) is 29.4. The van der Waals surface area contributed by atoms with Crippen LogP contribution in [0.1, 0.15) is 28.8 Å². The molecule has 1 saturated heterocycles. The van der Waals surface area contributed by atoms with Crippen LogP contribution in [-0.2, 0) is 26.7 Å². The van der Waals surface area contributed by atoms with Gasteiger partial charge in [0.1, 0.15) is 11.3 Å². The summed E-state index contributed by atoms with van der Waals surface area (Å²) >= 11 is 1.65. The van der Waals surface area contributed by atoms with Gasteiger partial charge in [0.25, 0.3) is 5.56 Å². The van der Waals surface area contributed by atoms with E-state index in [9.17, 15) is 14.3 Å². The highest BCUT2D eigenvalue weighted by Gasteiger charge is 2.33. The van der Waals surface area contributed by atoms with Crippen LogP contribution in [0.2, 0.25) is 0 Å². The number of halogens is 1. The van der Waals surface area contributed by atoms with Gasteiger partial charge in [-0.25, -0.2) is 9.37 Å². The molecule has 6 rings (SSSR count). The fourth-order valence-electron chi connectivity index (χ4n) is 5.78. The molecule has 1 aliphatic heterocycles. The van der Waals surface area contributed by atoms with Gasteiger partial charge in [-0.15, -0.1) is 11.3 Å². The van der Waals surface area contributed by atoms with Crippen molar-refractivity contribution in [1.29, 1.82) is 0 Å².